The van der Waals surface area contributed by atoms with Crippen LogP contribution < -0.4 is 10.1 Å². The van der Waals surface area contributed by atoms with Crippen LogP contribution in [0.15, 0.2) is 97.1 Å². The molecular formula is C28H21NO4. The smallest absolute Gasteiger partial charge is 0.308 e. The molecule has 0 atom stereocenters. The van der Waals surface area contributed by atoms with E-state index in [2.05, 4.69) is 5.32 Å². The van der Waals surface area contributed by atoms with Crippen LogP contribution in [0.1, 0.15) is 27.6 Å². The summed E-state index contributed by atoms with van der Waals surface area (Å²) in [7, 11) is 0. The Balaban J connectivity index is 1.73. The molecule has 1 N–H and O–H groups in total. The number of aldehydes is 1. The maximum Gasteiger partial charge on any atom is 0.308 e. The standard InChI is InChI=1S/C28H21NO4/c1-19(31)33-27-15-14-22(20-8-4-2-5-9-20)16-25(27)28(32)29-26-17-23(12-13-24(26)18-30)21-10-6-3-7-11-21/h2-18H,1H3,(H,29,32). The molecule has 0 radical (unpaired) electrons. The quantitative estimate of drug-likeness (QED) is 0.229. The number of hydrogen-bond acceptors (Lipinski definition) is 4. The highest BCUT2D eigenvalue weighted by Crippen LogP contribution is 2.29. The maximum absolute atomic E-state index is 13.3. The lowest BCUT2D eigenvalue weighted by atomic mass is 10.0. The molecule has 0 heterocycles. The van der Waals surface area contributed by atoms with Gasteiger partial charge in [-0.3, -0.25) is 14.4 Å². The van der Waals surface area contributed by atoms with Gasteiger partial charge >= 0.3 is 5.97 Å². The topological polar surface area (TPSA) is 72.5 Å². The van der Waals surface area contributed by atoms with Crippen LogP contribution >= 0.6 is 0 Å². The third kappa shape index (κ3) is 5.05. The molecule has 0 unspecified atom stereocenters. The Morgan fingerprint density at radius 1 is 0.727 bits per heavy atom. The Morgan fingerprint density at radius 2 is 1.30 bits per heavy atom. The van der Waals surface area contributed by atoms with Crippen LogP contribution in [-0.2, 0) is 4.79 Å². The first-order valence-electron chi connectivity index (χ1n) is 10.4. The highest BCUT2D eigenvalue weighted by Gasteiger charge is 2.18. The molecule has 4 aromatic carbocycles. The number of esters is 1. The van der Waals surface area contributed by atoms with Gasteiger partial charge in [-0.2, -0.15) is 0 Å². The number of amides is 1. The van der Waals surface area contributed by atoms with Crippen LogP contribution in [0.5, 0.6) is 5.75 Å². The Kier molecular flexibility index (Phi) is 6.41. The predicted molar refractivity (Wildman–Crippen MR) is 128 cm³/mol. The van der Waals surface area contributed by atoms with Crippen molar-refractivity contribution in [1.82, 2.24) is 0 Å². The van der Waals surface area contributed by atoms with Gasteiger partial charge in [0.15, 0.2) is 6.29 Å². The predicted octanol–water partition coefficient (Wildman–Crippen LogP) is 6.01. The summed E-state index contributed by atoms with van der Waals surface area (Å²) in [5.74, 6) is -0.875. The zero-order chi connectivity index (χ0) is 23.2. The van der Waals surface area contributed by atoms with E-state index >= 15 is 0 Å². The summed E-state index contributed by atoms with van der Waals surface area (Å²) < 4.78 is 5.28. The van der Waals surface area contributed by atoms with E-state index in [0.29, 0.717) is 17.5 Å². The number of benzene rings is 4. The van der Waals surface area contributed by atoms with Crippen LogP contribution in [0.25, 0.3) is 22.3 Å². The first-order valence-corrected chi connectivity index (χ1v) is 10.4. The van der Waals surface area contributed by atoms with E-state index in [0.717, 1.165) is 22.3 Å². The van der Waals surface area contributed by atoms with Crippen molar-refractivity contribution < 1.29 is 19.1 Å². The first kappa shape index (κ1) is 21.7. The van der Waals surface area contributed by atoms with Gasteiger partial charge in [0.05, 0.1) is 11.3 Å². The van der Waals surface area contributed by atoms with E-state index in [4.69, 9.17) is 4.74 Å². The molecule has 4 rings (SSSR count). The maximum atomic E-state index is 13.3. The Labute approximate surface area is 191 Å². The molecule has 0 spiro atoms. The van der Waals surface area contributed by atoms with Gasteiger partial charge in [-0.25, -0.2) is 0 Å². The van der Waals surface area contributed by atoms with Gasteiger partial charge < -0.3 is 10.1 Å². The molecule has 5 heteroatoms. The minimum Gasteiger partial charge on any atom is -0.426 e. The summed E-state index contributed by atoms with van der Waals surface area (Å²) in [6.07, 6.45) is 0.692. The van der Waals surface area contributed by atoms with E-state index in [-0.39, 0.29) is 11.3 Å². The average Bonchev–Trinajstić information content (AvgIpc) is 2.85. The van der Waals surface area contributed by atoms with Crippen LogP contribution in [0.3, 0.4) is 0 Å². The van der Waals surface area contributed by atoms with E-state index in [1.165, 1.54) is 6.92 Å². The molecule has 5 nitrogen and oxygen atoms in total. The fraction of sp³-hybridized carbons (Fsp3) is 0.0357. The van der Waals surface area contributed by atoms with E-state index in [9.17, 15) is 14.4 Å². The summed E-state index contributed by atoms with van der Waals surface area (Å²) in [6, 6.07) is 29.5. The highest BCUT2D eigenvalue weighted by atomic mass is 16.5. The minimum absolute atomic E-state index is 0.145. The van der Waals surface area contributed by atoms with Crippen LogP contribution in [0.4, 0.5) is 5.69 Å². The van der Waals surface area contributed by atoms with Crippen LogP contribution in [-0.4, -0.2) is 18.2 Å². The monoisotopic (exact) mass is 435 g/mol. The lowest BCUT2D eigenvalue weighted by Gasteiger charge is -2.14. The van der Waals surface area contributed by atoms with Gasteiger partial charge in [-0.1, -0.05) is 72.8 Å². The van der Waals surface area contributed by atoms with Gasteiger partial charge in [-0.05, 0) is 46.5 Å². The summed E-state index contributed by atoms with van der Waals surface area (Å²) in [6.45, 7) is 1.28. The fourth-order valence-electron chi connectivity index (χ4n) is 3.53. The Bertz CT molecular complexity index is 1310. The number of carbonyl (C=O) groups excluding carboxylic acids is 3. The van der Waals surface area contributed by atoms with Crippen molar-refractivity contribution in [1.29, 1.82) is 0 Å². The number of ether oxygens (including phenoxy) is 1. The van der Waals surface area contributed by atoms with Gasteiger partial charge in [0.25, 0.3) is 5.91 Å². The molecule has 0 aliphatic carbocycles. The first-order chi connectivity index (χ1) is 16.0. The van der Waals surface area contributed by atoms with Crippen molar-refractivity contribution >= 4 is 23.9 Å². The molecule has 33 heavy (non-hydrogen) atoms. The number of nitrogens with one attached hydrogen (secondary N) is 1. The van der Waals surface area contributed by atoms with Crippen LogP contribution in [0, 0.1) is 0 Å². The van der Waals surface area contributed by atoms with Crippen molar-refractivity contribution in [3.05, 3.63) is 108 Å². The summed E-state index contributed by atoms with van der Waals surface area (Å²) >= 11 is 0. The highest BCUT2D eigenvalue weighted by molar-refractivity contribution is 6.09. The molecule has 0 fully saturated rings. The SMILES string of the molecule is CC(=O)Oc1ccc(-c2ccccc2)cc1C(=O)Nc1cc(-c2ccccc2)ccc1C=O. The molecule has 0 saturated carbocycles. The van der Waals surface area contributed by atoms with Gasteiger partial charge in [0, 0.05) is 12.5 Å². The van der Waals surface area contributed by atoms with Crippen molar-refractivity contribution in [2.75, 3.05) is 5.32 Å². The minimum atomic E-state index is -0.531. The lowest BCUT2D eigenvalue weighted by molar-refractivity contribution is -0.131. The average molecular weight is 435 g/mol. The number of hydrogen-bond donors (Lipinski definition) is 1. The second-order valence-electron chi connectivity index (χ2n) is 7.41. The Hall–Kier alpha value is -4.51. The molecular weight excluding hydrogens is 414 g/mol. The summed E-state index contributed by atoms with van der Waals surface area (Å²) in [4.78, 5) is 36.5. The largest absolute Gasteiger partial charge is 0.426 e. The second-order valence-corrected chi connectivity index (χ2v) is 7.41. The lowest BCUT2D eigenvalue weighted by Crippen LogP contribution is -2.16. The molecule has 1 amide bonds. The Morgan fingerprint density at radius 3 is 1.88 bits per heavy atom. The third-order valence-electron chi connectivity index (χ3n) is 5.12. The van der Waals surface area contributed by atoms with Crippen molar-refractivity contribution in [3.63, 3.8) is 0 Å². The zero-order valence-corrected chi connectivity index (χ0v) is 17.9. The fourth-order valence-corrected chi connectivity index (χ4v) is 3.53. The zero-order valence-electron chi connectivity index (χ0n) is 17.9. The van der Waals surface area contributed by atoms with Gasteiger partial charge in [0.1, 0.15) is 5.75 Å². The molecule has 0 saturated heterocycles. The number of carbonyl (C=O) groups is 3. The second kappa shape index (κ2) is 9.75. The molecule has 0 aliphatic heterocycles. The summed E-state index contributed by atoms with van der Waals surface area (Å²) in [5, 5.41) is 2.82. The summed E-state index contributed by atoms with van der Waals surface area (Å²) in [5.41, 5.74) is 4.43. The molecule has 162 valence electrons. The third-order valence-corrected chi connectivity index (χ3v) is 5.12. The van der Waals surface area contributed by atoms with E-state index in [1.54, 1.807) is 30.3 Å². The van der Waals surface area contributed by atoms with E-state index < -0.39 is 11.9 Å². The van der Waals surface area contributed by atoms with Crippen molar-refractivity contribution in [2.24, 2.45) is 0 Å². The number of anilines is 1. The number of rotatable bonds is 6. The van der Waals surface area contributed by atoms with Crippen molar-refractivity contribution in [2.45, 2.75) is 6.92 Å². The normalized spacial score (nSPS) is 10.3. The van der Waals surface area contributed by atoms with Crippen molar-refractivity contribution in [3.8, 4) is 28.0 Å². The molecule has 0 bridgehead atoms. The molecule has 4 aromatic rings. The molecule has 0 aromatic heterocycles. The van der Waals surface area contributed by atoms with Gasteiger partial charge in [0.2, 0.25) is 0 Å². The van der Waals surface area contributed by atoms with E-state index in [1.807, 2.05) is 66.7 Å². The molecule has 0 aliphatic rings. The van der Waals surface area contributed by atoms with Crippen LogP contribution in [0.2, 0.25) is 0 Å². The van der Waals surface area contributed by atoms with Gasteiger partial charge in [-0.15, -0.1) is 0 Å².